The number of aryl methyl sites for hydroxylation is 3. The molecule has 3 aromatic rings. The maximum absolute atomic E-state index is 12.6. The summed E-state index contributed by atoms with van der Waals surface area (Å²) < 4.78 is 5.25. The van der Waals surface area contributed by atoms with Crippen molar-refractivity contribution in [3.8, 4) is 0 Å². The summed E-state index contributed by atoms with van der Waals surface area (Å²) in [4.78, 5) is 59.6. The van der Waals surface area contributed by atoms with Gasteiger partial charge in [-0.25, -0.2) is 9.78 Å². The van der Waals surface area contributed by atoms with Crippen molar-refractivity contribution < 1.29 is 19.1 Å². The summed E-state index contributed by atoms with van der Waals surface area (Å²) in [5.41, 5.74) is 1.97. The molecule has 1 N–H and O–H groups in total. The number of nitrogens with one attached hydrogen (secondary N) is 1. The molecule has 1 unspecified atom stereocenters. The second-order valence-corrected chi connectivity index (χ2v) is 8.49. The van der Waals surface area contributed by atoms with Gasteiger partial charge in [0.15, 0.2) is 0 Å². The molecular weight excluding hydrogens is 406 g/mol. The molecule has 0 radical (unpaired) electrons. The summed E-state index contributed by atoms with van der Waals surface area (Å²) in [7, 11) is 0. The van der Waals surface area contributed by atoms with E-state index >= 15 is 0 Å². The number of rotatable bonds is 4. The van der Waals surface area contributed by atoms with E-state index in [1.807, 2.05) is 20.8 Å². The van der Waals surface area contributed by atoms with Crippen LogP contribution in [0.3, 0.4) is 0 Å². The van der Waals surface area contributed by atoms with E-state index < -0.39 is 23.8 Å². The number of amides is 2. The van der Waals surface area contributed by atoms with Crippen molar-refractivity contribution >= 4 is 39.3 Å². The fourth-order valence-electron chi connectivity index (χ4n) is 3.46. The lowest BCUT2D eigenvalue weighted by molar-refractivity contribution is -0.149. The SMILES string of the molecule is Cc1ccc2c(c1)C(=O)N(C(C)C(=O)OCc1nc3sc(C)c(C)c3c(=O)[nH]1)C2=O. The standard InChI is InChI=1S/C21H19N3O5S/c1-9-5-6-13-14(7-9)20(27)24(19(13)26)11(3)21(28)29-8-15-22-17(25)16-10(2)12(4)30-18(16)23-15/h5-7,11H,8H2,1-4H3,(H,22,23,25). The quantitative estimate of drug-likeness (QED) is 0.508. The number of hydrogen-bond donors (Lipinski definition) is 1. The number of aromatic nitrogens is 2. The predicted octanol–water partition coefficient (Wildman–Crippen LogP) is 2.64. The van der Waals surface area contributed by atoms with E-state index in [9.17, 15) is 19.2 Å². The van der Waals surface area contributed by atoms with Crippen molar-refractivity contribution in [3.63, 3.8) is 0 Å². The zero-order chi connectivity index (χ0) is 21.7. The van der Waals surface area contributed by atoms with Crippen LogP contribution in [0.1, 0.15) is 49.5 Å². The van der Waals surface area contributed by atoms with E-state index in [1.165, 1.54) is 18.3 Å². The van der Waals surface area contributed by atoms with Gasteiger partial charge in [-0.3, -0.25) is 19.3 Å². The molecule has 154 valence electrons. The van der Waals surface area contributed by atoms with E-state index in [0.29, 0.717) is 10.2 Å². The van der Waals surface area contributed by atoms with E-state index in [4.69, 9.17) is 4.74 Å². The number of aromatic amines is 1. The molecule has 0 fully saturated rings. The summed E-state index contributed by atoms with van der Waals surface area (Å²) in [6.07, 6.45) is 0. The van der Waals surface area contributed by atoms with Gasteiger partial charge in [0.05, 0.1) is 16.5 Å². The monoisotopic (exact) mass is 425 g/mol. The Hall–Kier alpha value is -3.33. The Morgan fingerprint density at radius 1 is 1.17 bits per heavy atom. The predicted molar refractivity (Wildman–Crippen MR) is 111 cm³/mol. The number of nitrogens with zero attached hydrogens (tertiary/aromatic N) is 2. The van der Waals surface area contributed by atoms with Crippen molar-refractivity contribution in [1.29, 1.82) is 0 Å². The summed E-state index contributed by atoms with van der Waals surface area (Å²) >= 11 is 1.39. The van der Waals surface area contributed by atoms with Gasteiger partial charge in [0.2, 0.25) is 0 Å². The number of carbonyl (C=O) groups is 3. The molecule has 3 heterocycles. The molecule has 0 bridgehead atoms. The van der Waals surface area contributed by atoms with Gasteiger partial charge in [-0.15, -0.1) is 11.3 Å². The Kier molecular flexibility index (Phi) is 4.77. The maximum atomic E-state index is 12.6. The molecule has 1 aliphatic heterocycles. The van der Waals surface area contributed by atoms with Gasteiger partial charge >= 0.3 is 5.97 Å². The summed E-state index contributed by atoms with van der Waals surface area (Å²) in [6.45, 7) is 6.75. The first-order chi connectivity index (χ1) is 14.2. The number of benzene rings is 1. The second kappa shape index (κ2) is 7.17. The molecule has 0 saturated carbocycles. The minimum absolute atomic E-state index is 0.201. The molecule has 1 atom stereocenters. The number of hydrogen-bond acceptors (Lipinski definition) is 7. The number of H-pyrrole nitrogens is 1. The van der Waals surface area contributed by atoms with Crippen LogP contribution in [0.2, 0.25) is 0 Å². The average Bonchev–Trinajstić information content (AvgIpc) is 3.12. The molecule has 1 aliphatic rings. The second-order valence-electron chi connectivity index (χ2n) is 7.29. The Labute approximate surface area is 175 Å². The van der Waals surface area contributed by atoms with Crippen LogP contribution in [0.15, 0.2) is 23.0 Å². The number of thiophene rings is 1. The van der Waals surface area contributed by atoms with Gasteiger partial charge in [0.25, 0.3) is 17.4 Å². The lowest BCUT2D eigenvalue weighted by Gasteiger charge is -2.20. The van der Waals surface area contributed by atoms with Crippen LogP contribution >= 0.6 is 11.3 Å². The number of ether oxygens (including phenoxy) is 1. The molecule has 0 saturated heterocycles. The topological polar surface area (TPSA) is 109 Å². The highest BCUT2D eigenvalue weighted by Gasteiger charge is 2.41. The van der Waals surface area contributed by atoms with Crippen LogP contribution in [-0.4, -0.2) is 38.7 Å². The largest absolute Gasteiger partial charge is 0.456 e. The van der Waals surface area contributed by atoms with Gasteiger partial charge < -0.3 is 9.72 Å². The lowest BCUT2D eigenvalue weighted by Crippen LogP contribution is -2.43. The van der Waals surface area contributed by atoms with Crippen molar-refractivity contribution in [2.75, 3.05) is 0 Å². The first kappa shape index (κ1) is 20.0. The molecular formula is C21H19N3O5S. The van der Waals surface area contributed by atoms with Crippen LogP contribution in [-0.2, 0) is 16.1 Å². The number of carbonyl (C=O) groups excluding carboxylic acids is 3. The minimum atomic E-state index is -1.11. The van der Waals surface area contributed by atoms with Crippen molar-refractivity contribution in [2.45, 2.75) is 40.3 Å². The molecule has 0 aliphatic carbocycles. The third-order valence-corrected chi connectivity index (χ3v) is 6.34. The molecule has 8 nitrogen and oxygen atoms in total. The Morgan fingerprint density at radius 2 is 1.87 bits per heavy atom. The van der Waals surface area contributed by atoms with Gasteiger partial charge in [-0.05, 0) is 45.4 Å². The molecule has 9 heteroatoms. The average molecular weight is 425 g/mol. The molecule has 1 aromatic carbocycles. The third kappa shape index (κ3) is 3.11. The smallest absolute Gasteiger partial charge is 0.329 e. The van der Waals surface area contributed by atoms with E-state index in [-0.39, 0.29) is 29.1 Å². The zero-order valence-corrected chi connectivity index (χ0v) is 17.7. The van der Waals surface area contributed by atoms with E-state index in [1.54, 1.807) is 18.2 Å². The summed E-state index contributed by atoms with van der Waals surface area (Å²) in [6, 6.07) is 3.84. The fourth-order valence-corrected chi connectivity index (χ4v) is 4.51. The van der Waals surface area contributed by atoms with E-state index in [0.717, 1.165) is 20.9 Å². The maximum Gasteiger partial charge on any atom is 0.329 e. The third-order valence-electron chi connectivity index (χ3n) is 5.24. The van der Waals surface area contributed by atoms with Crippen molar-refractivity contribution in [1.82, 2.24) is 14.9 Å². The highest BCUT2D eigenvalue weighted by molar-refractivity contribution is 7.18. The van der Waals surface area contributed by atoms with Crippen molar-refractivity contribution in [2.24, 2.45) is 0 Å². The lowest BCUT2D eigenvalue weighted by atomic mass is 10.1. The first-order valence-electron chi connectivity index (χ1n) is 9.33. The highest BCUT2D eigenvalue weighted by Crippen LogP contribution is 2.27. The van der Waals surface area contributed by atoms with Crippen LogP contribution in [0.4, 0.5) is 0 Å². The van der Waals surface area contributed by atoms with Crippen LogP contribution in [0.25, 0.3) is 10.2 Å². The van der Waals surface area contributed by atoms with Gasteiger partial charge in [-0.1, -0.05) is 11.6 Å². The highest BCUT2D eigenvalue weighted by atomic mass is 32.1. The van der Waals surface area contributed by atoms with Crippen LogP contribution in [0.5, 0.6) is 0 Å². The molecule has 0 spiro atoms. The van der Waals surface area contributed by atoms with Gasteiger partial charge in [0, 0.05) is 4.88 Å². The van der Waals surface area contributed by atoms with E-state index in [2.05, 4.69) is 9.97 Å². The number of imide groups is 1. The number of esters is 1. The molecule has 2 amide bonds. The fraction of sp³-hybridized carbons (Fsp3) is 0.286. The van der Waals surface area contributed by atoms with Crippen LogP contribution in [0, 0.1) is 20.8 Å². The Bertz CT molecular complexity index is 1290. The number of fused-ring (bicyclic) bond motifs is 2. The molecule has 30 heavy (non-hydrogen) atoms. The van der Waals surface area contributed by atoms with Gasteiger partial charge in [0.1, 0.15) is 23.3 Å². The zero-order valence-electron chi connectivity index (χ0n) is 16.9. The molecule has 4 rings (SSSR count). The minimum Gasteiger partial charge on any atom is -0.456 e. The summed E-state index contributed by atoms with van der Waals surface area (Å²) in [5, 5.41) is 0.530. The van der Waals surface area contributed by atoms with Crippen molar-refractivity contribution in [3.05, 3.63) is 61.5 Å². The normalized spacial score (nSPS) is 14.3. The molecule has 2 aromatic heterocycles. The first-order valence-corrected chi connectivity index (χ1v) is 10.1. The Balaban J connectivity index is 1.51. The Morgan fingerprint density at radius 3 is 2.60 bits per heavy atom. The van der Waals surface area contributed by atoms with Gasteiger partial charge in [-0.2, -0.15) is 0 Å². The summed E-state index contributed by atoms with van der Waals surface area (Å²) in [5.74, 6) is -1.62. The van der Waals surface area contributed by atoms with Crippen LogP contribution < -0.4 is 5.56 Å².